The predicted octanol–water partition coefficient (Wildman–Crippen LogP) is 2.52. The Morgan fingerprint density at radius 3 is 2.95 bits per heavy atom. The molecule has 1 aliphatic rings. The molecule has 1 aliphatic heterocycles. The van der Waals surface area contributed by atoms with E-state index in [1.807, 2.05) is 30.7 Å². The summed E-state index contributed by atoms with van der Waals surface area (Å²) in [6, 6.07) is 3.76. The Morgan fingerprint density at radius 1 is 1.43 bits per heavy atom. The number of fused-ring (bicyclic) bond motifs is 1. The second-order valence-electron chi connectivity index (χ2n) is 4.63. The summed E-state index contributed by atoms with van der Waals surface area (Å²) < 4.78 is 13.2. The van der Waals surface area contributed by atoms with Gasteiger partial charge in [0.2, 0.25) is 5.76 Å². The van der Waals surface area contributed by atoms with E-state index in [1.165, 1.54) is 17.6 Å². The van der Waals surface area contributed by atoms with Gasteiger partial charge in [0.1, 0.15) is 19.5 Å². The Morgan fingerprint density at radius 2 is 2.24 bits per heavy atom. The molecular weight excluding hydrogens is 312 g/mol. The molecule has 0 atom stereocenters. The summed E-state index contributed by atoms with van der Waals surface area (Å²) in [6.07, 6.45) is 1.31. The van der Waals surface area contributed by atoms with Crippen LogP contribution in [0.15, 0.2) is 29.1 Å². The minimum absolute atomic E-state index is 0.133. The first-order valence-corrected chi connectivity index (χ1v) is 7.55. The molecule has 1 aromatic heterocycles. The van der Waals surface area contributed by atoms with E-state index in [2.05, 4.69) is 4.99 Å². The van der Waals surface area contributed by atoms with E-state index in [0.717, 1.165) is 15.8 Å². The molecule has 2 aromatic rings. The molecule has 0 spiro atoms. The summed E-state index contributed by atoms with van der Waals surface area (Å²) in [6.45, 7) is 2.79. The van der Waals surface area contributed by atoms with E-state index < -0.39 is 5.91 Å². The number of thiazole rings is 1. The Balaban J connectivity index is 2.10. The number of benzene rings is 1. The highest BCUT2D eigenvalue weighted by molar-refractivity contribution is 7.16. The standard InChI is InChI=1S/C14H13ClN2O3S/c1-8-5-9(15)6-11-12(8)17(2)14(21-11)16-13(18)10-7-19-3-4-20-10/h5-7H,3-4H2,1-2H3. The maximum absolute atomic E-state index is 12.1. The van der Waals surface area contributed by atoms with Crippen LogP contribution in [-0.2, 0) is 21.3 Å². The molecule has 21 heavy (non-hydrogen) atoms. The van der Waals surface area contributed by atoms with E-state index in [9.17, 15) is 4.79 Å². The molecular formula is C14H13ClN2O3S. The highest BCUT2D eigenvalue weighted by Gasteiger charge is 2.15. The van der Waals surface area contributed by atoms with Gasteiger partial charge in [0.05, 0.1) is 10.2 Å². The van der Waals surface area contributed by atoms with Crippen molar-refractivity contribution in [2.45, 2.75) is 6.92 Å². The third-order valence-electron chi connectivity index (χ3n) is 3.11. The number of rotatable bonds is 1. The van der Waals surface area contributed by atoms with Crippen molar-refractivity contribution in [1.29, 1.82) is 0 Å². The number of aryl methyl sites for hydroxylation is 2. The van der Waals surface area contributed by atoms with Crippen LogP contribution in [0.4, 0.5) is 0 Å². The summed E-state index contributed by atoms with van der Waals surface area (Å²) in [5.41, 5.74) is 2.06. The molecule has 7 heteroatoms. The molecule has 5 nitrogen and oxygen atoms in total. The lowest BCUT2D eigenvalue weighted by Gasteiger charge is -2.12. The number of carbonyl (C=O) groups is 1. The van der Waals surface area contributed by atoms with Crippen LogP contribution in [0, 0.1) is 6.92 Å². The van der Waals surface area contributed by atoms with Crippen molar-refractivity contribution in [3.05, 3.63) is 39.5 Å². The van der Waals surface area contributed by atoms with Crippen molar-refractivity contribution < 1.29 is 14.3 Å². The molecule has 0 saturated heterocycles. The Labute approximate surface area is 130 Å². The zero-order valence-electron chi connectivity index (χ0n) is 11.6. The maximum atomic E-state index is 12.1. The number of ether oxygens (including phenoxy) is 2. The summed E-state index contributed by atoms with van der Waals surface area (Å²) in [5.74, 6) is -0.311. The maximum Gasteiger partial charge on any atom is 0.317 e. The fourth-order valence-corrected chi connectivity index (χ4v) is 3.67. The first kappa shape index (κ1) is 14.2. The van der Waals surface area contributed by atoms with Gasteiger partial charge in [0.15, 0.2) is 4.80 Å². The molecule has 2 heterocycles. The van der Waals surface area contributed by atoms with Crippen molar-refractivity contribution in [2.24, 2.45) is 12.0 Å². The lowest BCUT2D eigenvalue weighted by molar-refractivity contribution is -0.119. The normalized spacial score (nSPS) is 15.6. The topological polar surface area (TPSA) is 52.8 Å². The van der Waals surface area contributed by atoms with E-state index in [-0.39, 0.29) is 5.76 Å². The smallest absolute Gasteiger partial charge is 0.317 e. The van der Waals surface area contributed by atoms with Crippen molar-refractivity contribution >= 4 is 39.1 Å². The van der Waals surface area contributed by atoms with Crippen LogP contribution in [0.25, 0.3) is 10.2 Å². The number of amides is 1. The number of halogens is 1. The highest BCUT2D eigenvalue weighted by Crippen LogP contribution is 2.25. The molecule has 3 rings (SSSR count). The largest absolute Gasteiger partial charge is 0.494 e. The van der Waals surface area contributed by atoms with Gasteiger partial charge in [0, 0.05) is 12.1 Å². The van der Waals surface area contributed by atoms with E-state index in [0.29, 0.717) is 23.0 Å². The summed E-state index contributed by atoms with van der Waals surface area (Å²) >= 11 is 7.48. The zero-order chi connectivity index (χ0) is 15.0. The molecule has 0 unspecified atom stereocenters. The number of hydrogen-bond donors (Lipinski definition) is 0. The third kappa shape index (κ3) is 2.69. The Hall–Kier alpha value is -1.79. The van der Waals surface area contributed by atoms with Crippen LogP contribution >= 0.6 is 22.9 Å². The van der Waals surface area contributed by atoms with Gasteiger partial charge in [-0.1, -0.05) is 22.9 Å². The van der Waals surface area contributed by atoms with Gasteiger partial charge in [-0.15, -0.1) is 0 Å². The molecule has 0 aliphatic carbocycles. The molecule has 0 radical (unpaired) electrons. The minimum Gasteiger partial charge on any atom is -0.494 e. The summed E-state index contributed by atoms with van der Waals surface area (Å²) in [5, 5.41) is 0.673. The number of nitrogens with zero attached hydrogens (tertiary/aromatic N) is 2. The Kier molecular flexibility index (Phi) is 3.73. The molecule has 0 N–H and O–H groups in total. The fraction of sp³-hybridized carbons (Fsp3) is 0.286. The second kappa shape index (κ2) is 5.54. The highest BCUT2D eigenvalue weighted by atomic mass is 35.5. The van der Waals surface area contributed by atoms with Gasteiger partial charge in [-0.05, 0) is 24.6 Å². The van der Waals surface area contributed by atoms with Gasteiger partial charge < -0.3 is 14.0 Å². The van der Waals surface area contributed by atoms with Gasteiger partial charge in [-0.25, -0.2) is 0 Å². The van der Waals surface area contributed by atoms with Crippen LogP contribution < -0.4 is 4.80 Å². The number of hydrogen-bond acceptors (Lipinski definition) is 4. The average molecular weight is 325 g/mol. The molecule has 0 bridgehead atoms. The lowest BCUT2D eigenvalue weighted by atomic mass is 10.2. The lowest BCUT2D eigenvalue weighted by Crippen LogP contribution is -2.18. The molecule has 0 saturated carbocycles. The monoisotopic (exact) mass is 324 g/mol. The molecule has 0 fully saturated rings. The number of carbonyl (C=O) groups excluding carboxylic acids is 1. The predicted molar refractivity (Wildman–Crippen MR) is 81.1 cm³/mol. The van der Waals surface area contributed by atoms with Gasteiger partial charge in [-0.3, -0.25) is 4.79 Å². The van der Waals surface area contributed by atoms with Crippen LogP contribution in [0.3, 0.4) is 0 Å². The van der Waals surface area contributed by atoms with E-state index >= 15 is 0 Å². The van der Waals surface area contributed by atoms with Crippen LogP contribution in [0.1, 0.15) is 5.56 Å². The van der Waals surface area contributed by atoms with Crippen molar-refractivity contribution in [2.75, 3.05) is 13.2 Å². The second-order valence-corrected chi connectivity index (χ2v) is 6.08. The Bertz CT molecular complexity index is 819. The number of aromatic nitrogens is 1. The zero-order valence-corrected chi connectivity index (χ0v) is 13.1. The minimum atomic E-state index is -0.444. The van der Waals surface area contributed by atoms with Gasteiger partial charge in [-0.2, -0.15) is 4.99 Å². The average Bonchev–Trinajstić information content (AvgIpc) is 2.76. The molecule has 1 amide bonds. The van der Waals surface area contributed by atoms with Gasteiger partial charge >= 0.3 is 5.91 Å². The van der Waals surface area contributed by atoms with Gasteiger partial charge in [0.25, 0.3) is 0 Å². The quantitative estimate of drug-likeness (QED) is 0.810. The summed E-state index contributed by atoms with van der Waals surface area (Å²) in [7, 11) is 1.87. The SMILES string of the molecule is Cc1cc(Cl)cc2sc(=NC(=O)C3=COCCO3)n(C)c12. The fourth-order valence-electron chi connectivity index (χ4n) is 2.20. The van der Waals surface area contributed by atoms with E-state index in [1.54, 1.807) is 0 Å². The van der Waals surface area contributed by atoms with Crippen molar-refractivity contribution in [3.63, 3.8) is 0 Å². The van der Waals surface area contributed by atoms with Crippen molar-refractivity contribution in [3.8, 4) is 0 Å². The first-order chi connectivity index (χ1) is 10.1. The first-order valence-electron chi connectivity index (χ1n) is 6.35. The van der Waals surface area contributed by atoms with Crippen LogP contribution in [0.5, 0.6) is 0 Å². The summed E-state index contributed by atoms with van der Waals surface area (Å²) in [4.78, 5) is 16.8. The van der Waals surface area contributed by atoms with Crippen molar-refractivity contribution in [1.82, 2.24) is 4.57 Å². The third-order valence-corrected chi connectivity index (χ3v) is 4.41. The van der Waals surface area contributed by atoms with Crippen LogP contribution in [-0.4, -0.2) is 23.7 Å². The van der Waals surface area contributed by atoms with Crippen LogP contribution in [0.2, 0.25) is 5.02 Å². The van der Waals surface area contributed by atoms with E-state index in [4.69, 9.17) is 21.1 Å². The molecule has 110 valence electrons. The molecule has 1 aromatic carbocycles.